The minimum atomic E-state index is -0.821. The van der Waals surface area contributed by atoms with Crippen LogP contribution in [0.2, 0.25) is 0 Å². The van der Waals surface area contributed by atoms with Gasteiger partial charge in [-0.3, -0.25) is 18.8 Å². The highest BCUT2D eigenvalue weighted by atomic mass is 32.1. The number of aliphatic hydroxyl groups is 1. The van der Waals surface area contributed by atoms with Crippen molar-refractivity contribution in [1.29, 1.82) is 0 Å². The first-order chi connectivity index (χ1) is 13.8. The van der Waals surface area contributed by atoms with Crippen LogP contribution in [0.25, 0.3) is 4.96 Å². The Hall–Kier alpha value is -2.30. The Morgan fingerprint density at radius 1 is 1.21 bits per heavy atom. The summed E-state index contributed by atoms with van der Waals surface area (Å²) in [6.45, 7) is 5.09. The number of rotatable bonds is 2. The fourth-order valence-corrected chi connectivity index (χ4v) is 4.78. The molecule has 2 aliphatic heterocycles. The molecule has 1 N–H and O–H groups in total. The van der Waals surface area contributed by atoms with Crippen LogP contribution in [0.3, 0.4) is 0 Å². The lowest BCUT2D eigenvalue weighted by Crippen LogP contribution is -2.56. The number of fused-ring (bicyclic) bond motifs is 1. The molecule has 9 nitrogen and oxygen atoms in total. The zero-order valence-corrected chi connectivity index (χ0v) is 17.2. The van der Waals surface area contributed by atoms with E-state index in [1.165, 1.54) is 26.8 Å². The summed E-state index contributed by atoms with van der Waals surface area (Å²) in [5.41, 5.74) is -0.455. The highest BCUT2D eigenvalue weighted by molar-refractivity contribution is 7.15. The standard InChI is InChI=1S/C19H24N4O5S/c1-11-8-22(9-12(2)28-11)17(26)14-10-21(4-3-15(14)24)16(25)13-7-20-19-23(18(13)27)5-6-29-19/h5-7,11-12,14-15,24H,3-4,8-10H2,1-2H3/t11-,12+,14-,15+/m0/s1. The first-order valence-electron chi connectivity index (χ1n) is 9.71. The lowest BCUT2D eigenvalue weighted by molar-refractivity contribution is -0.153. The molecule has 0 aliphatic carbocycles. The van der Waals surface area contributed by atoms with Crippen LogP contribution in [0, 0.1) is 5.92 Å². The van der Waals surface area contributed by atoms with E-state index in [4.69, 9.17) is 4.74 Å². The van der Waals surface area contributed by atoms with Gasteiger partial charge in [0, 0.05) is 44.0 Å². The summed E-state index contributed by atoms with van der Waals surface area (Å²) < 4.78 is 7.02. The van der Waals surface area contributed by atoms with Gasteiger partial charge in [-0.25, -0.2) is 4.98 Å². The lowest BCUT2D eigenvalue weighted by atomic mass is 9.92. The predicted octanol–water partition coefficient (Wildman–Crippen LogP) is 0.215. The molecule has 2 aromatic heterocycles. The van der Waals surface area contributed by atoms with Gasteiger partial charge < -0.3 is 19.6 Å². The minimum Gasteiger partial charge on any atom is -0.392 e. The van der Waals surface area contributed by atoms with Gasteiger partial charge in [0.2, 0.25) is 5.91 Å². The van der Waals surface area contributed by atoms with E-state index in [0.29, 0.717) is 18.1 Å². The second-order valence-corrected chi connectivity index (χ2v) is 8.62. The highest BCUT2D eigenvalue weighted by Gasteiger charge is 2.39. The molecular weight excluding hydrogens is 396 g/mol. The quantitative estimate of drug-likeness (QED) is 0.745. The first-order valence-corrected chi connectivity index (χ1v) is 10.6. The molecule has 2 amide bonds. The van der Waals surface area contributed by atoms with Crippen LogP contribution in [-0.4, -0.2) is 80.6 Å². The fourth-order valence-electron chi connectivity index (χ4n) is 4.10. The molecule has 4 atom stereocenters. The van der Waals surface area contributed by atoms with Gasteiger partial charge in [0.25, 0.3) is 11.5 Å². The van der Waals surface area contributed by atoms with Crippen molar-refractivity contribution in [3.05, 3.63) is 33.7 Å². The molecule has 0 spiro atoms. The normalized spacial score (nSPS) is 28.0. The largest absolute Gasteiger partial charge is 0.392 e. The Morgan fingerprint density at radius 3 is 2.66 bits per heavy atom. The van der Waals surface area contributed by atoms with Crippen molar-refractivity contribution < 1.29 is 19.4 Å². The summed E-state index contributed by atoms with van der Waals surface area (Å²) in [6.07, 6.45) is 2.18. The molecule has 0 saturated carbocycles. The Bertz CT molecular complexity index is 978. The molecule has 0 bridgehead atoms. The number of carbonyl (C=O) groups excluding carboxylic acids is 2. The molecule has 29 heavy (non-hydrogen) atoms. The third-order valence-corrected chi connectivity index (χ3v) is 6.26. The number of morpholine rings is 1. The Labute approximate surface area is 171 Å². The topological polar surface area (TPSA) is 104 Å². The number of thiazole rings is 1. The highest BCUT2D eigenvalue weighted by Crippen LogP contribution is 2.23. The summed E-state index contributed by atoms with van der Waals surface area (Å²) in [5, 5.41) is 12.2. The summed E-state index contributed by atoms with van der Waals surface area (Å²) in [6, 6.07) is 0. The van der Waals surface area contributed by atoms with Gasteiger partial charge in [0.1, 0.15) is 5.56 Å². The summed E-state index contributed by atoms with van der Waals surface area (Å²) in [7, 11) is 0. The van der Waals surface area contributed by atoms with Crippen molar-refractivity contribution >= 4 is 28.1 Å². The van der Waals surface area contributed by atoms with E-state index in [1.807, 2.05) is 13.8 Å². The van der Waals surface area contributed by atoms with Crippen LogP contribution in [0.5, 0.6) is 0 Å². The van der Waals surface area contributed by atoms with E-state index in [9.17, 15) is 19.5 Å². The van der Waals surface area contributed by atoms with E-state index in [2.05, 4.69) is 4.98 Å². The van der Waals surface area contributed by atoms with Gasteiger partial charge in [-0.2, -0.15) is 0 Å². The van der Waals surface area contributed by atoms with Gasteiger partial charge >= 0.3 is 0 Å². The van der Waals surface area contributed by atoms with E-state index in [0.717, 1.165) is 0 Å². The molecule has 4 rings (SSSR count). The summed E-state index contributed by atoms with van der Waals surface area (Å²) in [4.78, 5) is 46.5. The predicted molar refractivity (Wildman–Crippen MR) is 106 cm³/mol. The number of piperidine rings is 1. The SMILES string of the molecule is C[C@@H]1CN(C(=O)[C@H]2CN(C(=O)c3cnc4sccn4c3=O)CC[C@H]2O)C[C@H](C)O1. The zero-order chi connectivity index (χ0) is 20.7. The van der Waals surface area contributed by atoms with Gasteiger partial charge in [0.05, 0.1) is 24.2 Å². The maximum absolute atomic E-state index is 13.1. The second kappa shape index (κ2) is 7.85. The zero-order valence-electron chi connectivity index (χ0n) is 16.4. The molecule has 0 unspecified atom stereocenters. The molecule has 2 fully saturated rings. The van der Waals surface area contributed by atoms with Crippen molar-refractivity contribution in [2.75, 3.05) is 26.2 Å². The van der Waals surface area contributed by atoms with E-state index in [-0.39, 0.29) is 43.2 Å². The summed E-state index contributed by atoms with van der Waals surface area (Å²) >= 11 is 1.31. The van der Waals surface area contributed by atoms with Crippen LogP contribution in [-0.2, 0) is 9.53 Å². The van der Waals surface area contributed by atoms with Crippen molar-refractivity contribution in [2.24, 2.45) is 5.92 Å². The number of nitrogens with zero attached hydrogens (tertiary/aromatic N) is 4. The lowest BCUT2D eigenvalue weighted by Gasteiger charge is -2.41. The number of amides is 2. The number of ether oxygens (including phenoxy) is 1. The molecule has 156 valence electrons. The molecule has 2 aliphatic rings. The molecule has 4 heterocycles. The molecule has 10 heteroatoms. The van der Waals surface area contributed by atoms with Gasteiger partial charge in [0.15, 0.2) is 4.96 Å². The molecular formula is C19H24N4O5S. The number of hydrogen-bond acceptors (Lipinski definition) is 7. The Morgan fingerprint density at radius 2 is 1.93 bits per heavy atom. The van der Waals surface area contributed by atoms with Crippen molar-refractivity contribution in [1.82, 2.24) is 19.2 Å². The third-order valence-electron chi connectivity index (χ3n) is 5.49. The van der Waals surface area contributed by atoms with Crippen LogP contribution in [0.15, 0.2) is 22.6 Å². The number of likely N-dealkylation sites (tertiary alicyclic amines) is 1. The average Bonchev–Trinajstić information content (AvgIpc) is 3.17. The van der Waals surface area contributed by atoms with E-state index >= 15 is 0 Å². The maximum atomic E-state index is 13.1. The smallest absolute Gasteiger partial charge is 0.271 e. The van der Waals surface area contributed by atoms with Crippen LogP contribution in [0.1, 0.15) is 30.6 Å². The van der Waals surface area contributed by atoms with Crippen molar-refractivity contribution in [3.8, 4) is 0 Å². The van der Waals surface area contributed by atoms with Gasteiger partial charge in [-0.1, -0.05) is 0 Å². The van der Waals surface area contributed by atoms with Crippen molar-refractivity contribution in [2.45, 2.75) is 38.6 Å². The maximum Gasteiger partial charge on any atom is 0.271 e. The molecule has 0 radical (unpaired) electrons. The molecule has 2 saturated heterocycles. The number of aromatic nitrogens is 2. The number of hydrogen-bond donors (Lipinski definition) is 1. The Kier molecular flexibility index (Phi) is 5.41. The first kappa shape index (κ1) is 20.0. The van der Waals surface area contributed by atoms with Gasteiger partial charge in [-0.05, 0) is 20.3 Å². The van der Waals surface area contributed by atoms with E-state index < -0.39 is 23.5 Å². The van der Waals surface area contributed by atoms with Crippen LogP contribution in [0.4, 0.5) is 0 Å². The van der Waals surface area contributed by atoms with E-state index in [1.54, 1.807) is 16.5 Å². The van der Waals surface area contributed by atoms with Crippen LogP contribution < -0.4 is 5.56 Å². The molecule has 2 aromatic rings. The minimum absolute atomic E-state index is 0.0305. The third kappa shape index (κ3) is 3.79. The summed E-state index contributed by atoms with van der Waals surface area (Å²) in [5.74, 6) is -1.36. The second-order valence-electron chi connectivity index (χ2n) is 7.75. The molecule has 0 aromatic carbocycles. The number of carbonyl (C=O) groups is 2. The number of aliphatic hydroxyl groups excluding tert-OH is 1. The van der Waals surface area contributed by atoms with Gasteiger partial charge in [-0.15, -0.1) is 11.3 Å². The Balaban J connectivity index is 1.53. The van der Waals surface area contributed by atoms with Crippen molar-refractivity contribution in [3.63, 3.8) is 0 Å². The monoisotopic (exact) mass is 420 g/mol. The average molecular weight is 420 g/mol. The van der Waals surface area contributed by atoms with Crippen LogP contribution >= 0.6 is 11.3 Å². The fraction of sp³-hybridized carbons (Fsp3) is 0.579.